The highest BCUT2D eigenvalue weighted by Crippen LogP contribution is 2.13. The highest BCUT2D eigenvalue weighted by Gasteiger charge is 2.18. The van der Waals surface area contributed by atoms with Crippen LogP contribution in [0.25, 0.3) is 0 Å². The Morgan fingerprint density at radius 2 is 2.20 bits per heavy atom. The van der Waals surface area contributed by atoms with E-state index in [1.54, 1.807) is 0 Å². The van der Waals surface area contributed by atoms with E-state index in [9.17, 15) is 5.11 Å². The first-order valence-electron chi connectivity index (χ1n) is 5.52. The molecule has 1 aromatic carbocycles. The Hall–Kier alpha value is -0.900. The van der Waals surface area contributed by atoms with Crippen LogP contribution in [0.2, 0.25) is 0 Å². The van der Waals surface area contributed by atoms with Crippen molar-refractivity contribution in [3.05, 3.63) is 35.9 Å². The third kappa shape index (κ3) is 2.78. The van der Waals surface area contributed by atoms with Gasteiger partial charge in [-0.15, -0.1) is 0 Å². The summed E-state index contributed by atoms with van der Waals surface area (Å²) in [5.41, 5.74) is 1.16. The topological polar surface area (TPSA) is 44.3 Å². The van der Waals surface area contributed by atoms with Gasteiger partial charge in [0.25, 0.3) is 0 Å². The molecular formula is C12H18N2O. The molecule has 1 saturated heterocycles. The van der Waals surface area contributed by atoms with Gasteiger partial charge in [-0.3, -0.25) is 0 Å². The van der Waals surface area contributed by atoms with Crippen molar-refractivity contribution in [3.63, 3.8) is 0 Å². The van der Waals surface area contributed by atoms with Crippen LogP contribution < -0.4 is 10.6 Å². The van der Waals surface area contributed by atoms with E-state index < -0.39 is 0 Å². The number of hydrogen-bond donors (Lipinski definition) is 3. The van der Waals surface area contributed by atoms with Crippen LogP contribution in [0.1, 0.15) is 18.0 Å². The minimum Gasteiger partial charge on any atom is -0.394 e. The first-order chi connectivity index (χ1) is 7.40. The van der Waals surface area contributed by atoms with Gasteiger partial charge >= 0.3 is 0 Å². The summed E-state index contributed by atoms with van der Waals surface area (Å²) < 4.78 is 0. The smallest absolute Gasteiger partial charge is 0.0626 e. The van der Waals surface area contributed by atoms with E-state index in [0.29, 0.717) is 6.04 Å². The number of aliphatic hydroxyl groups is 1. The van der Waals surface area contributed by atoms with Crippen LogP contribution in [-0.2, 0) is 0 Å². The third-order valence-electron chi connectivity index (χ3n) is 2.88. The lowest BCUT2D eigenvalue weighted by Gasteiger charge is -2.20. The molecule has 1 aliphatic heterocycles. The molecule has 15 heavy (non-hydrogen) atoms. The molecule has 1 heterocycles. The van der Waals surface area contributed by atoms with Crippen LogP contribution >= 0.6 is 0 Å². The van der Waals surface area contributed by atoms with Gasteiger partial charge in [-0.2, -0.15) is 0 Å². The Kier molecular flexibility index (Phi) is 3.72. The maximum atomic E-state index is 9.36. The van der Waals surface area contributed by atoms with Crippen molar-refractivity contribution in [1.82, 2.24) is 10.6 Å². The number of rotatable bonds is 4. The summed E-state index contributed by atoms with van der Waals surface area (Å²) in [5, 5.41) is 16.1. The standard InChI is InChI=1S/C12H18N2O/c15-9-12(10-4-2-1-3-5-10)14-11-6-7-13-8-11/h1-5,11-15H,6-9H2. The average Bonchev–Trinajstić information content (AvgIpc) is 2.80. The van der Waals surface area contributed by atoms with Crippen LogP contribution in [0.5, 0.6) is 0 Å². The number of nitrogens with one attached hydrogen (secondary N) is 2. The molecule has 0 bridgehead atoms. The number of benzene rings is 1. The highest BCUT2D eigenvalue weighted by molar-refractivity contribution is 5.19. The predicted molar refractivity (Wildman–Crippen MR) is 60.7 cm³/mol. The maximum Gasteiger partial charge on any atom is 0.0626 e. The molecule has 1 fully saturated rings. The van der Waals surface area contributed by atoms with Crippen LogP contribution in [0.4, 0.5) is 0 Å². The molecule has 2 atom stereocenters. The summed E-state index contributed by atoms with van der Waals surface area (Å²) in [6, 6.07) is 10.7. The summed E-state index contributed by atoms with van der Waals surface area (Å²) in [6.07, 6.45) is 1.14. The van der Waals surface area contributed by atoms with Crippen LogP contribution in [0, 0.1) is 0 Å². The molecule has 0 saturated carbocycles. The van der Waals surface area contributed by atoms with Crippen LogP contribution in [0.15, 0.2) is 30.3 Å². The molecule has 0 spiro atoms. The summed E-state index contributed by atoms with van der Waals surface area (Å²) in [5.74, 6) is 0. The fourth-order valence-corrected chi connectivity index (χ4v) is 2.02. The van der Waals surface area contributed by atoms with Crippen molar-refractivity contribution in [2.24, 2.45) is 0 Å². The van der Waals surface area contributed by atoms with E-state index in [1.807, 2.05) is 18.2 Å². The Balaban J connectivity index is 1.97. The summed E-state index contributed by atoms with van der Waals surface area (Å²) >= 11 is 0. The SMILES string of the molecule is OCC(NC1CCNC1)c1ccccc1. The molecule has 0 amide bonds. The molecule has 0 aliphatic carbocycles. The van der Waals surface area contributed by atoms with Crippen molar-refractivity contribution >= 4 is 0 Å². The zero-order valence-corrected chi connectivity index (χ0v) is 8.82. The van der Waals surface area contributed by atoms with E-state index in [0.717, 1.165) is 25.1 Å². The summed E-state index contributed by atoms with van der Waals surface area (Å²) in [4.78, 5) is 0. The van der Waals surface area contributed by atoms with Crippen LogP contribution in [-0.4, -0.2) is 30.8 Å². The van der Waals surface area contributed by atoms with Crippen molar-refractivity contribution in [2.45, 2.75) is 18.5 Å². The molecular weight excluding hydrogens is 188 g/mol. The second-order valence-corrected chi connectivity index (χ2v) is 4.00. The first-order valence-corrected chi connectivity index (χ1v) is 5.52. The van der Waals surface area contributed by atoms with Gasteiger partial charge in [0.05, 0.1) is 12.6 Å². The van der Waals surface area contributed by atoms with E-state index in [4.69, 9.17) is 0 Å². The normalized spacial score (nSPS) is 22.9. The molecule has 3 heteroatoms. The lowest BCUT2D eigenvalue weighted by molar-refractivity contribution is 0.235. The average molecular weight is 206 g/mol. The third-order valence-corrected chi connectivity index (χ3v) is 2.88. The van der Waals surface area contributed by atoms with Crippen LogP contribution in [0.3, 0.4) is 0 Å². The Morgan fingerprint density at radius 3 is 2.80 bits per heavy atom. The molecule has 3 nitrogen and oxygen atoms in total. The lowest BCUT2D eigenvalue weighted by atomic mass is 10.1. The fourth-order valence-electron chi connectivity index (χ4n) is 2.02. The van der Waals surface area contributed by atoms with Gasteiger partial charge in [0.1, 0.15) is 0 Å². The zero-order chi connectivity index (χ0) is 10.5. The molecule has 2 rings (SSSR count). The van der Waals surface area contributed by atoms with Crippen molar-refractivity contribution in [3.8, 4) is 0 Å². The minimum absolute atomic E-state index is 0.0658. The van der Waals surface area contributed by atoms with Gasteiger partial charge in [0, 0.05) is 12.6 Å². The van der Waals surface area contributed by atoms with E-state index in [-0.39, 0.29) is 12.6 Å². The lowest BCUT2D eigenvalue weighted by Crippen LogP contribution is -2.36. The van der Waals surface area contributed by atoms with E-state index in [2.05, 4.69) is 22.8 Å². The van der Waals surface area contributed by atoms with Gasteiger partial charge in [0.2, 0.25) is 0 Å². The molecule has 1 aromatic rings. The number of aliphatic hydroxyl groups excluding tert-OH is 1. The second kappa shape index (κ2) is 5.26. The Morgan fingerprint density at radius 1 is 1.40 bits per heavy atom. The largest absolute Gasteiger partial charge is 0.394 e. The second-order valence-electron chi connectivity index (χ2n) is 4.00. The zero-order valence-electron chi connectivity index (χ0n) is 8.82. The minimum atomic E-state index is 0.0658. The molecule has 82 valence electrons. The monoisotopic (exact) mass is 206 g/mol. The molecule has 0 radical (unpaired) electrons. The van der Waals surface area contributed by atoms with Crippen molar-refractivity contribution < 1.29 is 5.11 Å². The Labute approximate surface area is 90.5 Å². The first kappa shape index (κ1) is 10.6. The predicted octanol–water partition coefficient (Wildman–Crippen LogP) is 0.671. The summed E-state index contributed by atoms with van der Waals surface area (Å²) in [6.45, 7) is 2.23. The van der Waals surface area contributed by atoms with Gasteiger partial charge in [-0.1, -0.05) is 30.3 Å². The number of hydrogen-bond acceptors (Lipinski definition) is 3. The van der Waals surface area contributed by atoms with Gasteiger partial charge < -0.3 is 15.7 Å². The quantitative estimate of drug-likeness (QED) is 0.678. The van der Waals surface area contributed by atoms with Gasteiger partial charge in [-0.25, -0.2) is 0 Å². The Bertz CT molecular complexity index is 283. The molecule has 1 aliphatic rings. The molecule has 2 unspecified atom stereocenters. The summed E-state index contributed by atoms with van der Waals surface area (Å²) in [7, 11) is 0. The molecule has 3 N–H and O–H groups in total. The fraction of sp³-hybridized carbons (Fsp3) is 0.500. The van der Waals surface area contributed by atoms with Gasteiger partial charge in [0.15, 0.2) is 0 Å². The van der Waals surface area contributed by atoms with E-state index >= 15 is 0 Å². The van der Waals surface area contributed by atoms with Crippen molar-refractivity contribution in [1.29, 1.82) is 0 Å². The maximum absolute atomic E-state index is 9.36. The van der Waals surface area contributed by atoms with E-state index in [1.165, 1.54) is 0 Å². The van der Waals surface area contributed by atoms with Gasteiger partial charge in [-0.05, 0) is 18.5 Å². The highest BCUT2D eigenvalue weighted by atomic mass is 16.3. The van der Waals surface area contributed by atoms with Crippen molar-refractivity contribution in [2.75, 3.05) is 19.7 Å². The molecule has 0 aromatic heterocycles.